The molecule has 1 aromatic heterocycles. The number of nitrogens with zero attached hydrogens (tertiary/aromatic N) is 3. The molecule has 0 saturated carbocycles. The summed E-state index contributed by atoms with van der Waals surface area (Å²) in [5, 5.41) is 0. The lowest BCUT2D eigenvalue weighted by molar-refractivity contribution is 0.122. The van der Waals surface area contributed by atoms with Crippen LogP contribution >= 0.6 is 0 Å². The third-order valence-corrected chi connectivity index (χ3v) is 1.88. The highest BCUT2D eigenvalue weighted by Crippen LogP contribution is 2.04. The van der Waals surface area contributed by atoms with Crippen molar-refractivity contribution in [3.05, 3.63) is 16.8 Å². The van der Waals surface area contributed by atoms with E-state index in [-0.39, 0.29) is 5.69 Å². The summed E-state index contributed by atoms with van der Waals surface area (Å²) in [6, 6.07) is 0. The Balaban J connectivity index is 2.19. The van der Waals surface area contributed by atoms with Gasteiger partial charge in [-0.3, -0.25) is 4.98 Å². The van der Waals surface area contributed by atoms with Crippen LogP contribution in [0.15, 0.2) is 11.1 Å². The Morgan fingerprint density at radius 1 is 1.38 bits per heavy atom. The zero-order chi connectivity index (χ0) is 9.10. The quantitative estimate of drug-likeness (QED) is 0.603. The Kier molecular flexibility index (Phi) is 2.22. The van der Waals surface area contributed by atoms with Crippen molar-refractivity contribution < 1.29 is 4.74 Å². The average molecular weight is 182 g/mol. The summed E-state index contributed by atoms with van der Waals surface area (Å²) in [7, 11) is 0. The maximum absolute atomic E-state index is 10.9. The summed E-state index contributed by atoms with van der Waals surface area (Å²) in [4.78, 5) is 22.8. The summed E-state index contributed by atoms with van der Waals surface area (Å²) >= 11 is 0. The molecule has 70 valence electrons. The zero-order valence-electron chi connectivity index (χ0n) is 7.06. The molecule has 0 amide bonds. The predicted octanol–water partition coefficient (Wildman–Crippen LogP) is -0.998. The van der Waals surface area contributed by atoms with Crippen molar-refractivity contribution in [2.45, 2.75) is 0 Å². The summed E-state index contributed by atoms with van der Waals surface area (Å²) in [6.07, 6.45) is 1.27. The second-order valence-electron chi connectivity index (χ2n) is 2.73. The summed E-state index contributed by atoms with van der Waals surface area (Å²) < 4.78 is 5.17. The van der Waals surface area contributed by atoms with Crippen molar-refractivity contribution in [1.29, 1.82) is 0 Å². The first-order valence-electron chi connectivity index (χ1n) is 4.10. The number of H-pyrrole nitrogens is 1. The SMILES string of the molecule is O=c1ncnc(N2CCOCC2)[nH]1. The highest BCUT2D eigenvalue weighted by atomic mass is 16.5. The van der Waals surface area contributed by atoms with Crippen molar-refractivity contribution in [3.63, 3.8) is 0 Å². The monoisotopic (exact) mass is 182 g/mol. The highest BCUT2D eigenvalue weighted by molar-refractivity contribution is 5.27. The number of hydrogen-bond donors (Lipinski definition) is 1. The van der Waals surface area contributed by atoms with Crippen LogP contribution in [-0.4, -0.2) is 41.3 Å². The molecule has 0 atom stereocenters. The van der Waals surface area contributed by atoms with Gasteiger partial charge in [-0.05, 0) is 0 Å². The normalized spacial score (nSPS) is 17.4. The molecule has 0 radical (unpaired) electrons. The van der Waals surface area contributed by atoms with Crippen LogP contribution < -0.4 is 10.6 Å². The summed E-state index contributed by atoms with van der Waals surface area (Å²) in [5.41, 5.74) is -0.364. The van der Waals surface area contributed by atoms with E-state index >= 15 is 0 Å². The third kappa shape index (κ3) is 1.83. The molecule has 2 heterocycles. The molecular weight excluding hydrogens is 172 g/mol. The van der Waals surface area contributed by atoms with Gasteiger partial charge in [-0.1, -0.05) is 0 Å². The molecule has 13 heavy (non-hydrogen) atoms. The first-order valence-corrected chi connectivity index (χ1v) is 4.10. The molecular formula is C7H10N4O2. The summed E-state index contributed by atoms with van der Waals surface area (Å²) in [5.74, 6) is 0.572. The van der Waals surface area contributed by atoms with Crippen molar-refractivity contribution in [3.8, 4) is 0 Å². The number of morpholine rings is 1. The fourth-order valence-corrected chi connectivity index (χ4v) is 1.23. The number of aromatic nitrogens is 3. The van der Waals surface area contributed by atoms with Crippen molar-refractivity contribution >= 4 is 5.95 Å². The van der Waals surface area contributed by atoms with E-state index in [1.165, 1.54) is 6.33 Å². The van der Waals surface area contributed by atoms with E-state index in [0.29, 0.717) is 19.2 Å². The van der Waals surface area contributed by atoms with Crippen LogP contribution in [0.1, 0.15) is 0 Å². The van der Waals surface area contributed by atoms with Gasteiger partial charge in [0.2, 0.25) is 5.95 Å². The van der Waals surface area contributed by atoms with Gasteiger partial charge in [0, 0.05) is 13.1 Å². The van der Waals surface area contributed by atoms with Crippen LogP contribution in [-0.2, 0) is 4.74 Å². The Labute approximate surface area is 74.6 Å². The minimum atomic E-state index is -0.364. The molecule has 6 heteroatoms. The molecule has 0 aliphatic carbocycles. The maximum Gasteiger partial charge on any atom is 0.349 e. The largest absolute Gasteiger partial charge is 0.378 e. The van der Waals surface area contributed by atoms with Crippen molar-refractivity contribution in [2.75, 3.05) is 31.2 Å². The van der Waals surface area contributed by atoms with Crippen LogP contribution in [0.3, 0.4) is 0 Å². The van der Waals surface area contributed by atoms with E-state index in [1.807, 2.05) is 4.90 Å². The first kappa shape index (κ1) is 8.18. The summed E-state index contributed by atoms with van der Waals surface area (Å²) in [6.45, 7) is 2.86. The second-order valence-corrected chi connectivity index (χ2v) is 2.73. The van der Waals surface area contributed by atoms with Crippen LogP contribution in [0.4, 0.5) is 5.95 Å². The van der Waals surface area contributed by atoms with Crippen molar-refractivity contribution in [2.24, 2.45) is 0 Å². The smallest absolute Gasteiger partial charge is 0.349 e. The molecule has 1 aromatic rings. The van der Waals surface area contributed by atoms with Gasteiger partial charge >= 0.3 is 5.69 Å². The van der Waals surface area contributed by atoms with Crippen LogP contribution in [0.5, 0.6) is 0 Å². The molecule has 1 aliphatic heterocycles. The van der Waals surface area contributed by atoms with E-state index in [4.69, 9.17) is 4.74 Å². The minimum Gasteiger partial charge on any atom is -0.378 e. The van der Waals surface area contributed by atoms with E-state index in [0.717, 1.165) is 13.1 Å². The van der Waals surface area contributed by atoms with E-state index in [1.54, 1.807) is 0 Å². The number of hydrogen-bond acceptors (Lipinski definition) is 5. The number of aromatic amines is 1. The van der Waals surface area contributed by atoms with Gasteiger partial charge in [-0.2, -0.15) is 4.98 Å². The number of ether oxygens (including phenoxy) is 1. The van der Waals surface area contributed by atoms with Crippen LogP contribution in [0.25, 0.3) is 0 Å². The van der Waals surface area contributed by atoms with Gasteiger partial charge in [0.25, 0.3) is 0 Å². The molecule has 6 nitrogen and oxygen atoms in total. The van der Waals surface area contributed by atoms with E-state index < -0.39 is 0 Å². The molecule has 0 aromatic carbocycles. The van der Waals surface area contributed by atoms with E-state index in [2.05, 4.69) is 15.0 Å². The standard InChI is InChI=1S/C7H10N4O2/c12-7-9-5-8-6(10-7)11-1-3-13-4-2-11/h5H,1-4H2,(H,8,9,10,12). The molecule has 1 aliphatic rings. The number of anilines is 1. The molecule has 1 fully saturated rings. The predicted molar refractivity (Wildman–Crippen MR) is 45.7 cm³/mol. The van der Waals surface area contributed by atoms with Gasteiger partial charge in [0.1, 0.15) is 6.33 Å². The molecule has 0 bridgehead atoms. The minimum absolute atomic E-state index is 0.364. The zero-order valence-corrected chi connectivity index (χ0v) is 7.06. The molecule has 2 rings (SSSR count). The second kappa shape index (κ2) is 3.53. The van der Waals surface area contributed by atoms with Crippen molar-refractivity contribution in [1.82, 2.24) is 15.0 Å². The lowest BCUT2D eigenvalue weighted by Crippen LogP contribution is -2.38. The lowest BCUT2D eigenvalue weighted by Gasteiger charge is -2.26. The van der Waals surface area contributed by atoms with Gasteiger partial charge < -0.3 is 9.64 Å². The average Bonchev–Trinajstić information content (AvgIpc) is 2.19. The van der Waals surface area contributed by atoms with Crippen LogP contribution in [0, 0.1) is 0 Å². The van der Waals surface area contributed by atoms with Gasteiger partial charge in [-0.15, -0.1) is 0 Å². The van der Waals surface area contributed by atoms with Crippen LogP contribution in [0.2, 0.25) is 0 Å². The highest BCUT2D eigenvalue weighted by Gasteiger charge is 2.12. The van der Waals surface area contributed by atoms with Gasteiger partial charge in [0.15, 0.2) is 0 Å². The Morgan fingerprint density at radius 3 is 2.85 bits per heavy atom. The van der Waals surface area contributed by atoms with E-state index in [9.17, 15) is 4.79 Å². The number of nitrogens with one attached hydrogen (secondary N) is 1. The topological polar surface area (TPSA) is 71.1 Å². The Morgan fingerprint density at radius 2 is 2.15 bits per heavy atom. The molecule has 0 spiro atoms. The first-order chi connectivity index (χ1) is 6.36. The fraction of sp³-hybridized carbons (Fsp3) is 0.571. The molecule has 1 N–H and O–H groups in total. The Bertz CT molecular complexity index is 331. The fourth-order valence-electron chi connectivity index (χ4n) is 1.23. The lowest BCUT2D eigenvalue weighted by atomic mass is 10.4. The molecule has 0 unspecified atom stereocenters. The van der Waals surface area contributed by atoms with Gasteiger partial charge in [0.05, 0.1) is 13.2 Å². The number of rotatable bonds is 1. The molecule has 1 saturated heterocycles. The third-order valence-electron chi connectivity index (χ3n) is 1.88. The van der Waals surface area contributed by atoms with Gasteiger partial charge in [-0.25, -0.2) is 9.78 Å². The Hall–Kier alpha value is -1.43. The maximum atomic E-state index is 10.9.